The van der Waals surface area contributed by atoms with Gasteiger partial charge in [0.2, 0.25) is 0 Å². The van der Waals surface area contributed by atoms with Gasteiger partial charge in [-0.25, -0.2) is 0 Å². The second-order valence-electron chi connectivity index (χ2n) is 5.21. The summed E-state index contributed by atoms with van der Waals surface area (Å²) in [5.74, 6) is 0. The van der Waals surface area contributed by atoms with E-state index < -0.39 is 0 Å². The minimum Gasteiger partial charge on any atom is -0.375 e. The maximum atomic E-state index is 6.08. The second-order valence-corrected chi connectivity index (χ2v) is 5.21. The normalized spacial score (nSPS) is 26.1. The van der Waals surface area contributed by atoms with Crippen LogP contribution in [0.15, 0.2) is 24.3 Å². The highest BCUT2D eigenvalue weighted by atomic mass is 16.5. The van der Waals surface area contributed by atoms with Gasteiger partial charge in [0.1, 0.15) is 0 Å². The van der Waals surface area contributed by atoms with E-state index in [1.54, 1.807) is 0 Å². The van der Waals surface area contributed by atoms with Crippen LogP contribution in [0.25, 0.3) is 0 Å². The zero-order chi connectivity index (χ0) is 13.1. The van der Waals surface area contributed by atoms with Crippen LogP contribution in [0.3, 0.4) is 0 Å². The third kappa shape index (κ3) is 2.68. The Morgan fingerprint density at radius 2 is 2.17 bits per heavy atom. The van der Waals surface area contributed by atoms with Crippen LogP contribution >= 0.6 is 0 Å². The topological polar surface area (TPSA) is 38.5 Å². The van der Waals surface area contributed by atoms with Gasteiger partial charge < -0.3 is 15.4 Å². The number of ether oxygens (including phenoxy) is 1. The molecule has 100 valence electrons. The molecule has 3 atom stereocenters. The first kappa shape index (κ1) is 13.4. The number of benzene rings is 1. The van der Waals surface area contributed by atoms with Gasteiger partial charge in [-0.1, -0.05) is 25.1 Å². The molecule has 0 radical (unpaired) electrons. The van der Waals surface area contributed by atoms with Gasteiger partial charge in [-0.15, -0.1) is 0 Å². The molecule has 2 unspecified atom stereocenters. The van der Waals surface area contributed by atoms with Crippen molar-refractivity contribution in [2.24, 2.45) is 5.73 Å². The molecule has 18 heavy (non-hydrogen) atoms. The van der Waals surface area contributed by atoms with Crippen LogP contribution in [-0.2, 0) is 4.74 Å². The van der Waals surface area contributed by atoms with Crippen molar-refractivity contribution in [2.45, 2.75) is 45.4 Å². The molecule has 3 heteroatoms. The van der Waals surface area contributed by atoms with Gasteiger partial charge in [0, 0.05) is 18.3 Å². The molecule has 0 aromatic heterocycles. The predicted octanol–water partition coefficient (Wildman–Crippen LogP) is 2.71. The van der Waals surface area contributed by atoms with Crippen molar-refractivity contribution in [3.05, 3.63) is 29.8 Å². The monoisotopic (exact) mass is 248 g/mol. The Morgan fingerprint density at radius 1 is 1.44 bits per heavy atom. The van der Waals surface area contributed by atoms with Crippen molar-refractivity contribution >= 4 is 5.69 Å². The molecule has 1 aromatic carbocycles. The molecule has 1 aliphatic heterocycles. The summed E-state index contributed by atoms with van der Waals surface area (Å²) in [4.78, 5) is 2.47. The van der Waals surface area contributed by atoms with Gasteiger partial charge >= 0.3 is 0 Å². The lowest BCUT2D eigenvalue weighted by molar-refractivity contribution is 0.0299. The molecule has 0 saturated carbocycles. The van der Waals surface area contributed by atoms with Crippen molar-refractivity contribution in [3.8, 4) is 0 Å². The smallest absolute Gasteiger partial charge is 0.0723 e. The summed E-state index contributed by atoms with van der Waals surface area (Å²) in [7, 11) is 0. The molecule has 2 N–H and O–H groups in total. The Labute approximate surface area is 110 Å². The van der Waals surface area contributed by atoms with Gasteiger partial charge in [-0.3, -0.25) is 0 Å². The van der Waals surface area contributed by atoms with Gasteiger partial charge in [0.15, 0.2) is 0 Å². The third-order valence-corrected chi connectivity index (χ3v) is 3.68. The van der Waals surface area contributed by atoms with Crippen molar-refractivity contribution < 1.29 is 4.74 Å². The quantitative estimate of drug-likeness (QED) is 0.894. The molecular weight excluding hydrogens is 224 g/mol. The lowest BCUT2D eigenvalue weighted by atomic mass is 10.0. The Morgan fingerprint density at radius 3 is 2.83 bits per heavy atom. The van der Waals surface area contributed by atoms with Crippen molar-refractivity contribution in [1.82, 2.24) is 0 Å². The standard InChI is InChI=1S/C15H24N2O/c1-4-13-10-18-11(2)9-17(13)15-8-6-5-7-14(15)12(3)16/h5-8,11-13H,4,9-10,16H2,1-3H3/t11?,12-,13?/m0/s1. The fourth-order valence-corrected chi connectivity index (χ4v) is 2.61. The first-order valence-electron chi connectivity index (χ1n) is 6.86. The van der Waals surface area contributed by atoms with Gasteiger partial charge in [-0.05, 0) is 31.9 Å². The fourth-order valence-electron chi connectivity index (χ4n) is 2.61. The summed E-state index contributed by atoms with van der Waals surface area (Å²) in [5, 5.41) is 0. The van der Waals surface area contributed by atoms with Crippen LogP contribution in [0.4, 0.5) is 5.69 Å². The molecule has 0 spiro atoms. The van der Waals surface area contributed by atoms with E-state index in [4.69, 9.17) is 10.5 Å². The molecule has 0 bridgehead atoms. The van der Waals surface area contributed by atoms with Gasteiger partial charge in [0.05, 0.1) is 18.8 Å². The first-order chi connectivity index (χ1) is 8.63. The first-order valence-corrected chi connectivity index (χ1v) is 6.86. The van der Waals surface area contributed by atoms with E-state index in [0.717, 1.165) is 19.6 Å². The van der Waals surface area contributed by atoms with Crippen LogP contribution in [0.2, 0.25) is 0 Å². The zero-order valence-electron chi connectivity index (χ0n) is 11.6. The number of hydrogen-bond acceptors (Lipinski definition) is 3. The Bertz CT molecular complexity index is 392. The largest absolute Gasteiger partial charge is 0.375 e. The van der Waals surface area contributed by atoms with Gasteiger partial charge in [0.25, 0.3) is 0 Å². The number of morpholine rings is 1. The van der Waals surface area contributed by atoms with Crippen LogP contribution in [0.1, 0.15) is 38.8 Å². The van der Waals surface area contributed by atoms with Gasteiger partial charge in [-0.2, -0.15) is 0 Å². The highest BCUT2D eigenvalue weighted by Crippen LogP contribution is 2.29. The van der Waals surface area contributed by atoms with E-state index in [1.165, 1.54) is 11.3 Å². The zero-order valence-corrected chi connectivity index (χ0v) is 11.6. The molecule has 2 rings (SSSR count). The summed E-state index contributed by atoms with van der Waals surface area (Å²) >= 11 is 0. The van der Waals surface area contributed by atoms with E-state index in [-0.39, 0.29) is 12.1 Å². The molecule has 1 aliphatic rings. The summed E-state index contributed by atoms with van der Waals surface area (Å²) in [6, 6.07) is 8.99. The average Bonchev–Trinajstić information content (AvgIpc) is 2.38. The minimum absolute atomic E-state index is 0.0665. The Balaban J connectivity index is 2.33. The molecule has 0 aliphatic carbocycles. The highest BCUT2D eigenvalue weighted by Gasteiger charge is 2.27. The Kier molecular flexibility index (Phi) is 4.25. The summed E-state index contributed by atoms with van der Waals surface area (Å²) in [6.45, 7) is 8.15. The van der Waals surface area contributed by atoms with Crippen LogP contribution in [0.5, 0.6) is 0 Å². The third-order valence-electron chi connectivity index (χ3n) is 3.68. The van der Waals surface area contributed by atoms with Crippen molar-refractivity contribution in [1.29, 1.82) is 0 Å². The molecule has 1 aromatic rings. The Hall–Kier alpha value is -1.06. The lowest BCUT2D eigenvalue weighted by Crippen LogP contribution is -2.49. The fraction of sp³-hybridized carbons (Fsp3) is 0.600. The average molecular weight is 248 g/mol. The minimum atomic E-state index is 0.0665. The summed E-state index contributed by atoms with van der Waals surface area (Å²) in [6.07, 6.45) is 1.38. The molecule has 1 heterocycles. The number of nitrogens with zero attached hydrogens (tertiary/aromatic N) is 1. The van der Waals surface area contributed by atoms with E-state index in [9.17, 15) is 0 Å². The van der Waals surface area contributed by atoms with E-state index >= 15 is 0 Å². The van der Waals surface area contributed by atoms with Crippen molar-refractivity contribution in [2.75, 3.05) is 18.1 Å². The van der Waals surface area contributed by atoms with Crippen molar-refractivity contribution in [3.63, 3.8) is 0 Å². The van der Waals surface area contributed by atoms with Crippen LogP contribution < -0.4 is 10.6 Å². The maximum Gasteiger partial charge on any atom is 0.0723 e. The number of rotatable bonds is 3. The molecule has 1 fully saturated rings. The molecule has 1 saturated heterocycles. The number of hydrogen-bond donors (Lipinski definition) is 1. The summed E-state index contributed by atoms with van der Waals surface area (Å²) in [5.41, 5.74) is 8.58. The van der Waals surface area contributed by atoms with E-state index in [0.29, 0.717) is 6.04 Å². The van der Waals surface area contributed by atoms with E-state index in [2.05, 4.69) is 43.0 Å². The highest BCUT2D eigenvalue weighted by molar-refractivity contribution is 5.56. The second kappa shape index (κ2) is 5.72. The number of anilines is 1. The molecule has 3 nitrogen and oxygen atoms in total. The lowest BCUT2D eigenvalue weighted by Gasteiger charge is -2.41. The number of para-hydroxylation sites is 1. The van der Waals surface area contributed by atoms with Crippen LogP contribution in [0, 0.1) is 0 Å². The maximum absolute atomic E-state index is 6.08. The van der Waals surface area contributed by atoms with E-state index in [1.807, 2.05) is 6.92 Å². The predicted molar refractivity (Wildman–Crippen MR) is 75.9 cm³/mol. The SMILES string of the molecule is CCC1COC(C)CN1c1ccccc1[C@H](C)N. The number of nitrogens with two attached hydrogens (primary N) is 1. The van der Waals surface area contributed by atoms with Crippen LogP contribution in [-0.4, -0.2) is 25.3 Å². The molecule has 0 amide bonds. The molecular formula is C15H24N2O. The summed E-state index contributed by atoms with van der Waals surface area (Å²) < 4.78 is 5.76.